The number of halogens is 2. The predicted octanol–water partition coefficient (Wildman–Crippen LogP) is 2.48. The second-order valence-corrected chi connectivity index (χ2v) is 7.18. The van der Waals surface area contributed by atoms with Gasteiger partial charge in [-0.15, -0.1) is 11.3 Å². The Kier molecular flexibility index (Phi) is 3.49. The monoisotopic (exact) mass is 353 g/mol. The Morgan fingerprint density at radius 2 is 2.33 bits per heavy atom. The first-order valence-electron chi connectivity index (χ1n) is 4.50. The molecule has 2 heterocycles. The van der Waals surface area contributed by atoms with E-state index in [2.05, 4.69) is 31.9 Å². The first-order chi connectivity index (χ1) is 7.08. The molecule has 0 aromatic carbocycles. The third kappa shape index (κ3) is 2.43. The predicted molar refractivity (Wildman–Crippen MR) is 66.2 cm³/mol. The molecular weight excluding hydrogens is 346 g/mol. The molecule has 1 saturated heterocycles. The highest BCUT2D eigenvalue weighted by Crippen LogP contribution is 2.33. The zero-order valence-electron chi connectivity index (χ0n) is 7.74. The first-order valence-corrected chi connectivity index (χ1v) is 6.90. The minimum atomic E-state index is -0.366. The van der Waals surface area contributed by atoms with Crippen LogP contribution in [0.5, 0.6) is 0 Å². The normalized spacial score (nSPS) is 21.0. The van der Waals surface area contributed by atoms with Crippen LogP contribution in [-0.4, -0.2) is 35.1 Å². The van der Waals surface area contributed by atoms with E-state index >= 15 is 0 Å². The van der Waals surface area contributed by atoms with Crippen LogP contribution in [0.25, 0.3) is 0 Å². The number of amides is 1. The SMILES string of the molecule is O=C(c1cc(Br)sc1Br)N1CC[C@H](O)C1. The number of β-amino-alcohol motifs (C(OH)–C–C–N with tert-alkyl or cyclic N) is 1. The van der Waals surface area contributed by atoms with E-state index < -0.39 is 0 Å². The van der Waals surface area contributed by atoms with Gasteiger partial charge in [0.2, 0.25) is 0 Å². The molecule has 0 radical (unpaired) electrons. The molecule has 0 saturated carbocycles. The molecule has 0 unspecified atom stereocenters. The maximum Gasteiger partial charge on any atom is 0.255 e. The fraction of sp³-hybridized carbons (Fsp3) is 0.444. The van der Waals surface area contributed by atoms with Gasteiger partial charge < -0.3 is 10.0 Å². The largest absolute Gasteiger partial charge is 0.391 e. The molecule has 1 amide bonds. The lowest BCUT2D eigenvalue weighted by Crippen LogP contribution is -2.29. The zero-order chi connectivity index (χ0) is 11.0. The third-order valence-electron chi connectivity index (χ3n) is 2.34. The number of thiophene rings is 1. The summed E-state index contributed by atoms with van der Waals surface area (Å²) in [5, 5.41) is 9.36. The molecule has 2 rings (SSSR count). The van der Waals surface area contributed by atoms with Crippen LogP contribution in [0.4, 0.5) is 0 Å². The standard InChI is InChI=1S/C9H9Br2NO2S/c10-7-3-6(8(11)15-7)9(14)12-2-1-5(13)4-12/h3,5,13H,1-2,4H2/t5-/m0/s1. The summed E-state index contributed by atoms with van der Waals surface area (Å²) in [4.78, 5) is 13.7. The van der Waals surface area contributed by atoms with Crippen molar-refractivity contribution in [2.24, 2.45) is 0 Å². The second kappa shape index (κ2) is 4.53. The van der Waals surface area contributed by atoms with E-state index in [4.69, 9.17) is 0 Å². The fourth-order valence-electron chi connectivity index (χ4n) is 1.58. The van der Waals surface area contributed by atoms with Crippen LogP contribution in [-0.2, 0) is 0 Å². The maximum absolute atomic E-state index is 12.0. The van der Waals surface area contributed by atoms with Gasteiger partial charge in [-0.3, -0.25) is 4.79 Å². The molecule has 0 aliphatic carbocycles. The number of aliphatic hydroxyl groups is 1. The Morgan fingerprint density at radius 3 is 2.80 bits per heavy atom. The number of nitrogens with zero attached hydrogens (tertiary/aromatic N) is 1. The molecule has 1 aliphatic heterocycles. The Labute approximate surface area is 108 Å². The molecule has 1 fully saturated rings. The molecule has 0 bridgehead atoms. The van der Waals surface area contributed by atoms with Gasteiger partial charge in [0.1, 0.15) is 0 Å². The lowest BCUT2D eigenvalue weighted by molar-refractivity contribution is 0.0764. The lowest BCUT2D eigenvalue weighted by atomic mass is 10.3. The zero-order valence-corrected chi connectivity index (χ0v) is 11.7. The van der Waals surface area contributed by atoms with E-state index in [1.54, 1.807) is 4.90 Å². The maximum atomic E-state index is 12.0. The van der Waals surface area contributed by atoms with Crippen LogP contribution in [0, 0.1) is 0 Å². The smallest absolute Gasteiger partial charge is 0.255 e. The highest BCUT2D eigenvalue weighted by molar-refractivity contribution is 9.12. The molecular formula is C9H9Br2NO2S. The van der Waals surface area contributed by atoms with Crippen molar-refractivity contribution >= 4 is 49.1 Å². The van der Waals surface area contributed by atoms with Crippen LogP contribution >= 0.6 is 43.2 Å². The summed E-state index contributed by atoms with van der Waals surface area (Å²) in [5.74, 6) is -0.0135. The van der Waals surface area contributed by atoms with Gasteiger partial charge >= 0.3 is 0 Å². The van der Waals surface area contributed by atoms with Crippen molar-refractivity contribution < 1.29 is 9.90 Å². The van der Waals surface area contributed by atoms with Gasteiger partial charge in [-0.05, 0) is 44.3 Å². The summed E-state index contributed by atoms with van der Waals surface area (Å²) in [7, 11) is 0. The number of likely N-dealkylation sites (tertiary alicyclic amines) is 1. The fourth-order valence-corrected chi connectivity index (χ4v) is 4.36. The lowest BCUT2D eigenvalue weighted by Gasteiger charge is -2.14. The van der Waals surface area contributed by atoms with Gasteiger partial charge in [-0.25, -0.2) is 0 Å². The van der Waals surface area contributed by atoms with Crippen molar-refractivity contribution in [3.8, 4) is 0 Å². The molecule has 1 aromatic heterocycles. The number of hydrogen-bond donors (Lipinski definition) is 1. The highest BCUT2D eigenvalue weighted by Gasteiger charge is 2.27. The molecule has 82 valence electrons. The van der Waals surface area contributed by atoms with Gasteiger partial charge in [0.15, 0.2) is 0 Å². The Bertz CT molecular complexity index is 393. The summed E-state index contributed by atoms with van der Waals surface area (Å²) < 4.78 is 1.76. The summed E-state index contributed by atoms with van der Waals surface area (Å²) in [6, 6.07) is 1.81. The molecule has 1 aromatic rings. The van der Waals surface area contributed by atoms with Crippen LogP contribution in [0.3, 0.4) is 0 Å². The average Bonchev–Trinajstić information content (AvgIpc) is 2.71. The van der Waals surface area contributed by atoms with Crippen molar-refractivity contribution in [1.82, 2.24) is 4.90 Å². The number of carbonyl (C=O) groups excluding carboxylic acids is 1. The summed E-state index contributed by atoms with van der Waals surface area (Å²) >= 11 is 8.18. The van der Waals surface area contributed by atoms with Gasteiger partial charge in [0, 0.05) is 13.1 Å². The number of hydrogen-bond acceptors (Lipinski definition) is 3. The topological polar surface area (TPSA) is 40.5 Å². The van der Waals surface area contributed by atoms with E-state index in [-0.39, 0.29) is 12.0 Å². The highest BCUT2D eigenvalue weighted by atomic mass is 79.9. The van der Waals surface area contributed by atoms with E-state index in [0.29, 0.717) is 25.1 Å². The van der Waals surface area contributed by atoms with E-state index in [1.165, 1.54) is 11.3 Å². The van der Waals surface area contributed by atoms with E-state index in [9.17, 15) is 9.90 Å². The van der Waals surface area contributed by atoms with Gasteiger partial charge in [0.25, 0.3) is 5.91 Å². The van der Waals surface area contributed by atoms with Crippen molar-refractivity contribution in [3.05, 3.63) is 19.2 Å². The Balaban J connectivity index is 2.17. The molecule has 0 spiro atoms. The number of aliphatic hydroxyl groups excluding tert-OH is 1. The van der Waals surface area contributed by atoms with Gasteiger partial charge in [-0.2, -0.15) is 0 Å². The molecule has 1 atom stereocenters. The van der Waals surface area contributed by atoms with E-state index in [0.717, 1.165) is 7.57 Å². The quantitative estimate of drug-likeness (QED) is 0.841. The summed E-state index contributed by atoms with van der Waals surface area (Å²) in [6.07, 6.45) is 0.309. The second-order valence-electron chi connectivity index (χ2n) is 3.43. The Morgan fingerprint density at radius 1 is 1.60 bits per heavy atom. The number of carbonyl (C=O) groups is 1. The average molecular weight is 355 g/mol. The third-order valence-corrected chi connectivity index (χ3v) is 4.68. The minimum absolute atomic E-state index is 0.0135. The Hall–Kier alpha value is 0.0900. The molecule has 6 heteroatoms. The van der Waals surface area contributed by atoms with Crippen LogP contribution in [0.1, 0.15) is 16.8 Å². The number of rotatable bonds is 1. The van der Waals surface area contributed by atoms with Crippen molar-refractivity contribution in [3.63, 3.8) is 0 Å². The summed E-state index contributed by atoms with van der Waals surface area (Å²) in [6.45, 7) is 1.08. The molecule has 15 heavy (non-hydrogen) atoms. The molecule has 1 N–H and O–H groups in total. The molecule has 1 aliphatic rings. The summed E-state index contributed by atoms with van der Waals surface area (Å²) in [5.41, 5.74) is 0.668. The van der Waals surface area contributed by atoms with Crippen molar-refractivity contribution in [2.75, 3.05) is 13.1 Å². The van der Waals surface area contributed by atoms with Crippen molar-refractivity contribution in [2.45, 2.75) is 12.5 Å². The minimum Gasteiger partial charge on any atom is -0.391 e. The molecule has 3 nitrogen and oxygen atoms in total. The first kappa shape index (κ1) is 11.6. The van der Waals surface area contributed by atoms with Gasteiger partial charge in [0.05, 0.1) is 19.2 Å². The van der Waals surface area contributed by atoms with Gasteiger partial charge in [-0.1, -0.05) is 0 Å². The van der Waals surface area contributed by atoms with Crippen LogP contribution in [0.2, 0.25) is 0 Å². The van der Waals surface area contributed by atoms with Crippen LogP contribution < -0.4 is 0 Å². The van der Waals surface area contributed by atoms with Crippen molar-refractivity contribution in [1.29, 1.82) is 0 Å². The van der Waals surface area contributed by atoms with Crippen LogP contribution in [0.15, 0.2) is 13.6 Å². The van der Waals surface area contributed by atoms with E-state index in [1.807, 2.05) is 6.07 Å².